The first-order valence-electron chi connectivity index (χ1n) is 10.6. The Kier molecular flexibility index (Phi) is 7.91. The zero-order valence-corrected chi connectivity index (χ0v) is 21.0. The van der Waals surface area contributed by atoms with Gasteiger partial charge in [-0.25, -0.2) is 0 Å². The maximum atomic E-state index is 13.4. The minimum atomic E-state index is -2.03. The standard InChI is InChI=1S/C23H42O4Si/c1-15-12-13-19(27-28(10,11)23(7,8)9)17(3)20(24)18(14-16(15)2)21(25)26-22(4,5)6/h17-19H,12-14H2,1-11H3/b16-15-/t17-,18+,19+/m1/s1. The maximum absolute atomic E-state index is 13.4. The van der Waals surface area contributed by atoms with E-state index in [0.29, 0.717) is 6.42 Å². The van der Waals surface area contributed by atoms with Crippen molar-refractivity contribution in [3.63, 3.8) is 0 Å². The fourth-order valence-electron chi connectivity index (χ4n) is 3.19. The number of Topliss-reactive ketones (excluding diaryl/α,β-unsaturated/α-hetero) is 1. The van der Waals surface area contributed by atoms with Gasteiger partial charge in [0.1, 0.15) is 11.5 Å². The first kappa shape index (κ1) is 25.1. The number of hydrogen-bond acceptors (Lipinski definition) is 4. The van der Waals surface area contributed by atoms with Crippen LogP contribution in [0.15, 0.2) is 11.1 Å². The van der Waals surface area contributed by atoms with Gasteiger partial charge in [0.15, 0.2) is 14.1 Å². The largest absolute Gasteiger partial charge is 0.459 e. The number of ether oxygens (including phenoxy) is 1. The fourth-order valence-corrected chi connectivity index (χ4v) is 4.62. The Morgan fingerprint density at radius 1 is 1.04 bits per heavy atom. The summed E-state index contributed by atoms with van der Waals surface area (Å²) in [6.07, 6.45) is 1.98. The lowest BCUT2D eigenvalue weighted by atomic mass is 9.86. The molecule has 3 atom stereocenters. The van der Waals surface area contributed by atoms with Crippen molar-refractivity contribution in [2.45, 2.75) is 111 Å². The number of carbonyl (C=O) groups excluding carboxylic acids is 2. The van der Waals surface area contributed by atoms with Gasteiger partial charge in [-0.05, 0) is 72.0 Å². The van der Waals surface area contributed by atoms with Crippen molar-refractivity contribution in [3.8, 4) is 0 Å². The van der Waals surface area contributed by atoms with Crippen LogP contribution in [-0.4, -0.2) is 31.8 Å². The summed E-state index contributed by atoms with van der Waals surface area (Å²) in [7, 11) is -2.03. The summed E-state index contributed by atoms with van der Waals surface area (Å²) in [5, 5.41) is 0.0690. The van der Waals surface area contributed by atoms with E-state index < -0.39 is 25.8 Å². The van der Waals surface area contributed by atoms with Crippen LogP contribution in [0.1, 0.15) is 81.6 Å². The molecule has 0 saturated heterocycles. The minimum absolute atomic E-state index is 0.0491. The van der Waals surface area contributed by atoms with E-state index in [9.17, 15) is 9.59 Å². The molecule has 0 spiro atoms. The van der Waals surface area contributed by atoms with E-state index in [1.807, 2.05) is 34.6 Å². The van der Waals surface area contributed by atoms with Crippen LogP contribution in [0.3, 0.4) is 0 Å². The van der Waals surface area contributed by atoms with Crippen LogP contribution in [0.4, 0.5) is 0 Å². The molecule has 0 N–H and O–H groups in total. The Hall–Kier alpha value is -0.943. The molecule has 5 heteroatoms. The average Bonchev–Trinajstić information content (AvgIpc) is 2.53. The molecule has 0 saturated carbocycles. The van der Waals surface area contributed by atoms with Crippen molar-refractivity contribution in [2.75, 3.05) is 0 Å². The molecule has 4 nitrogen and oxygen atoms in total. The van der Waals surface area contributed by atoms with Crippen LogP contribution in [-0.2, 0) is 18.8 Å². The van der Waals surface area contributed by atoms with Crippen LogP contribution >= 0.6 is 0 Å². The molecule has 1 aliphatic rings. The Morgan fingerprint density at radius 3 is 2.04 bits per heavy atom. The van der Waals surface area contributed by atoms with Gasteiger partial charge < -0.3 is 9.16 Å². The Labute approximate surface area is 173 Å². The van der Waals surface area contributed by atoms with Crippen molar-refractivity contribution in [1.29, 1.82) is 0 Å². The first-order chi connectivity index (χ1) is 12.5. The van der Waals surface area contributed by atoms with Crippen molar-refractivity contribution in [1.82, 2.24) is 0 Å². The van der Waals surface area contributed by atoms with Gasteiger partial charge in [0.2, 0.25) is 0 Å². The van der Waals surface area contributed by atoms with Gasteiger partial charge in [0.05, 0.1) is 6.10 Å². The molecule has 0 aromatic heterocycles. The summed E-state index contributed by atoms with van der Waals surface area (Å²) < 4.78 is 12.3. The summed E-state index contributed by atoms with van der Waals surface area (Å²) in [6.45, 7) is 22.6. The molecule has 0 fully saturated rings. The van der Waals surface area contributed by atoms with Crippen LogP contribution in [0.5, 0.6) is 0 Å². The van der Waals surface area contributed by atoms with Crippen LogP contribution in [0.25, 0.3) is 0 Å². The molecule has 0 radical (unpaired) electrons. The van der Waals surface area contributed by atoms with Gasteiger partial charge in [0.25, 0.3) is 0 Å². The topological polar surface area (TPSA) is 52.6 Å². The summed E-state index contributed by atoms with van der Waals surface area (Å²) >= 11 is 0. The van der Waals surface area contributed by atoms with Gasteiger partial charge in [-0.2, -0.15) is 0 Å². The monoisotopic (exact) mass is 410 g/mol. The first-order valence-corrected chi connectivity index (χ1v) is 13.5. The number of rotatable bonds is 3. The molecule has 0 bridgehead atoms. The minimum Gasteiger partial charge on any atom is -0.459 e. The van der Waals surface area contributed by atoms with E-state index in [0.717, 1.165) is 18.4 Å². The summed E-state index contributed by atoms with van der Waals surface area (Å²) in [4.78, 5) is 26.2. The molecular weight excluding hydrogens is 368 g/mol. The molecule has 0 aliphatic heterocycles. The van der Waals surface area contributed by atoms with E-state index in [-0.39, 0.29) is 22.8 Å². The summed E-state index contributed by atoms with van der Waals surface area (Å²) in [5.41, 5.74) is 1.76. The van der Waals surface area contributed by atoms with E-state index in [4.69, 9.17) is 9.16 Å². The number of ketones is 1. The number of allylic oxidation sites excluding steroid dienone is 2. The lowest BCUT2D eigenvalue weighted by Crippen LogP contribution is -2.47. The van der Waals surface area contributed by atoms with Crippen LogP contribution in [0.2, 0.25) is 18.1 Å². The van der Waals surface area contributed by atoms with Crippen LogP contribution in [0, 0.1) is 11.8 Å². The highest BCUT2D eigenvalue weighted by molar-refractivity contribution is 6.74. The van der Waals surface area contributed by atoms with Gasteiger partial charge in [0, 0.05) is 5.92 Å². The Balaban J connectivity index is 3.24. The van der Waals surface area contributed by atoms with Crippen molar-refractivity contribution in [3.05, 3.63) is 11.1 Å². The zero-order valence-electron chi connectivity index (χ0n) is 20.0. The Bertz CT molecular complexity index is 619. The Morgan fingerprint density at radius 2 is 1.57 bits per heavy atom. The third-order valence-corrected chi connectivity index (χ3v) is 10.8. The van der Waals surface area contributed by atoms with E-state index in [1.165, 1.54) is 5.57 Å². The second-order valence-corrected chi connectivity index (χ2v) is 15.8. The van der Waals surface area contributed by atoms with Gasteiger partial charge in [-0.15, -0.1) is 0 Å². The predicted molar refractivity (Wildman–Crippen MR) is 118 cm³/mol. The second kappa shape index (κ2) is 8.82. The highest BCUT2D eigenvalue weighted by Crippen LogP contribution is 2.40. The lowest BCUT2D eigenvalue weighted by molar-refractivity contribution is -0.163. The number of hydrogen-bond donors (Lipinski definition) is 0. The molecular formula is C23H42O4Si. The van der Waals surface area contributed by atoms with Crippen molar-refractivity contribution >= 4 is 20.1 Å². The van der Waals surface area contributed by atoms with E-state index in [1.54, 1.807) is 0 Å². The quantitative estimate of drug-likeness (QED) is 0.245. The van der Waals surface area contributed by atoms with Crippen LogP contribution < -0.4 is 0 Å². The number of esters is 1. The zero-order chi connectivity index (χ0) is 22.1. The van der Waals surface area contributed by atoms with Gasteiger partial charge in [-0.1, -0.05) is 38.8 Å². The molecule has 0 amide bonds. The third-order valence-electron chi connectivity index (χ3n) is 6.34. The summed E-state index contributed by atoms with van der Waals surface area (Å²) in [6, 6.07) is 0. The maximum Gasteiger partial charge on any atom is 0.317 e. The highest BCUT2D eigenvalue weighted by Gasteiger charge is 2.43. The number of carbonyl (C=O) groups is 2. The fraction of sp³-hybridized carbons (Fsp3) is 0.826. The molecule has 1 aliphatic carbocycles. The van der Waals surface area contributed by atoms with Gasteiger partial charge in [-0.3, -0.25) is 9.59 Å². The highest BCUT2D eigenvalue weighted by atomic mass is 28.4. The molecule has 28 heavy (non-hydrogen) atoms. The average molecular weight is 411 g/mol. The molecule has 0 heterocycles. The smallest absolute Gasteiger partial charge is 0.317 e. The summed E-state index contributed by atoms with van der Waals surface area (Å²) in [5.74, 6) is -1.55. The SMILES string of the molecule is C/C1=C(\C)C[C@H](C(=O)OC(C)(C)C)C(=O)[C@H](C)[C@@H](O[Si](C)(C)C(C)(C)C)CC1. The third kappa shape index (κ3) is 6.55. The predicted octanol–water partition coefficient (Wildman–Crippen LogP) is 6.06. The van der Waals surface area contributed by atoms with Crippen molar-refractivity contribution in [2.24, 2.45) is 11.8 Å². The second-order valence-electron chi connectivity index (χ2n) is 11.0. The van der Waals surface area contributed by atoms with Gasteiger partial charge >= 0.3 is 5.97 Å². The molecule has 0 aromatic rings. The lowest BCUT2D eigenvalue weighted by Gasteiger charge is -2.41. The molecule has 1 rings (SSSR count). The molecule has 0 aromatic carbocycles. The van der Waals surface area contributed by atoms with E-state index >= 15 is 0 Å². The molecule has 0 unspecified atom stereocenters. The molecule has 162 valence electrons. The normalized spacial score (nSPS) is 28.4. The van der Waals surface area contributed by atoms with E-state index in [2.05, 4.69) is 40.8 Å². The van der Waals surface area contributed by atoms with Crippen molar-refractivity contribution < 1.29 is 18.8 Å².